The zero-order valence-corrected chi connectivity index (χ0v) is 25.4. The Hall–Kier alpha value is -3.24. The first-order valence-electron chi connectivity index (χ1n) is 13.7. The first-order valence-corrected chi connectivity index (χ1v) is 16.4. The van der Waals surface area contributed by atoms with Crippen molar-refractivity contribution in [2.75, 3.05) is 17.1 Å². The van der Waals surface area contributed by atoms with Gasteiger partial charge >= 0.3 is 0 Å². The van der Waals surface area contributed by atoms with Crippen molar-refractivity contribution in [2.24, 2.45) is 0 Å². The second-order valence-corrected chi connectivity index (χ2v) is 13.3. The van der Waals surface area contributed by atoms with E-state index in [1.54, 1.807) is 36.4 Å². The highest BCUT2D eigenvalue weighted by Crippen LogP contribution is 2.23. The van der Waals surface area contributed by atoms with Gasteiger partial charge in [-0.3, -0.25) is 13.9 Å². The number of halogens is 2. The molecule has 1 N–H and O–H groups in total. The summed E-state index contributed by atoms with van der Waals surface area (Å²) in [6.07, 6.45) is 6.23. The molecule has 0 radical (unpaired) electrons. The SMILES string of the molecule is CS(=O)(=O)N(CC(=O)N(Cc1ccc(F)cc1)[C@@H](Cc1ccccc1)C(=O)NC1CCCCC1)c1ccc(Br)cc1. The lowest BCUT2D eigenvalue weighted by atomic mass is 9.94. The summed E-state index contributed by atoms with van der Waals surface area (Å²) in [6, 6.07) is 20.9. The Morgan fingerprint density at radius 3 is 2.17 bits per heavy atom. The Morgan fingerprint density at radius 1 is 0.927 bits per heavy atom. The van der Waals surface area contributed by atoms with Gasteiger partial charge in [-0.15, -0.1) is 0 Å². The summed E-state index contributed by atoms with van der Waals surface area (Å²) >= 11 is 3.35. The molecular weight excluding hydrogens is 609 g/mol. The lowest BCUT2D eigenvalue weighted by Crippen LogP contribution is -2.55. The fraction of sp³-hybridized carbons (Fsp3) is 0.355. The van der Waals surface area contributed by atoms with Crippen molar-refractivity contribution in [2.45, 2.75) is 57.2 Å². The van der Waals surface area contributed by atoms with Crippen molar-refractivity contribution >= 4 is 43.5 Å². The maximum atomic E-state index is 14.1. The Morgan fingerprint density at radius 2 is 1.56 bits per heavy atom. The lowest BCUT2D eigenvalue weighted by molar-refractivity contribution is -0.140. The van der Waals surface area contributed by atoms with Crippen LogP contribution in [-0.4, -0.2) is 50.0 Å². The van der Waals surface area contributed by atoms with Crippen molar-refractivity contribution in [3.8, 4) is 0 Å². The highest BCUT2D eigenvalue weighted by molar-refractivity contribution is 9.10. The zero-order valence-electron chi connectivity index (χ0n) is 23.0. The zero-order chi connectivity index (χ0) is 29.4. The van der Waals surface area contributed by atoms with Gasteiger partial charge in [0.15, 0.2) is 0 Å². The van der Waals surface area contributed by atoms with E-state index in [-0.39, 0.29) is 24.9 Å². The van der Waals surface area contributed by atoms with Gasteiger partial charge in [0.1, 0.15) is 18.4 Å². The van der Waals surface area contributed by atoms with Crippen LogP contribution in [0.15, 0.2) is 83.3 Å². The number of sulfonamides is 1. The molecule has 0 saturated heterocycles. The number of anilines is 1. The van der Waals surface area contributed by atoms with Crippen LogP contribution in [-0.2, 0) is 32.6 Å². The molecule has 1 aliphatic rings. The average Bonchev–Trinajstić information content (AvgIpc) is 2.95. The largest absolute Gasteiger partial charge is 0.352 e. The number of hydrogen-bond donors (Lipinski definition) is 1. The summed E-state index contributed by atoms with van der Waals surface area (Å²) in [5.74, 6) is -1.24. The molecule has 1 aliphatic carbocycles. The summed E-state index contributed by atoms with van der Waals surface area (Å²) in [6.45, 7) is -0.490. The van der Waals surface area contributed by atoms with Crippen LogP contribution < -0.4 is 9.62 Å². The molecule has 1 fully saturated rings. The summed E-state index contributed by atoms with van der Waals surface area (Å²) < 4.78 is 41.2. The maximum Gasteiger partial charge on any atom is 0.244 e. The van der Waals surface area contributed by atoms with Gasteiger partial charge < -0.3 is 10.2 Å². The molecule has 0 bridgehead atoms. The standard InChI is InChI=1S/C31H35BrFN3O4S/c1-41(39,40)36(28-18-14-25(32)15-19-28)22-30(37)35(21-24-12-16-26(33)17-13-24)29(20-23-8-4-2-5-9-23)31(38)34-27-10-6-3-7-11-27/h2,4-5,8-9,12-19,27,29H,3,6-7,10-11,20-22H2,1H3,(H,34,38)/t29-/m0/s1. The van der Waals surface area contributed by atoms with Crippen LogP contribution in [0.2, 0.25) is 0 Å². The van der Waals surface area contributed by atoms with Gasteiger partial charge in [0.05, 0.1) is 11.9 Å². The van der Waals surface area contributed by atoms with Crippen LogP contribution >= 0.6 is 15.9 Å². The van der Waals surface area contributed by atoms with Crippen LogP contribution in [0.3, 0.4) is 0 Å². The van der Waals surface area contributed by atoms with Crippen molar-refractivity contribution in [3.63, 3.8) is 0 Å². The third-order valence-electron chi connectivity index (χ3n) is 7.28. The van der Waals surface area contributed by atoms with E-state index in [4.69, 9.17) is 0 Å². The van der Waals surface area contributed by atoms with Gasteiger partial charge in [0.2, 0.25) is 21.8 Å². The number of benzene rings is 3. The first kappa shape index (κ1) is 30.7. The summed E-state index contributed by atoms with van der Waals surface area (Å²) in [7, 11) is -3.85. The van der Waals surface area contributed by atoms with E-state index in [2.05, 4.69) is 21.2 Å². The molecule has 41 heavy (non-hydrogen) atoms. The fourth-order valence-electron chi connectivity index (χ4n) is 5.11. The van der Waals surface area contributed by atoms with E-state index >= 15 is 0 Å². The van der Waals surface area contributed by atoms with Gasteiger partial charge in [0.25, 0.3) is 0 Å². The third-order valence-corrected chi connectivity index (χ3v) is 8.95. The smallest absolute Gasteiger partial charge is 0.244 e. The minimum atomic E-state index is -3.85. The average molecular weight is 645 g/mol. The van der Waals surface area contributed by atoms with E-state index in [1.165, 1.54) is 17.0 Å². The second kappa shape index (κ2) is 14.1. The Labute approximate surface area is 249 Å². The monoisotopic (exact) mass is 643 g/mol. The van der Waals surface area contributed by atoms with Gasteiger partial charge in [-0.1, -0.05) is 77.7 Å². The van der Waals surface area contributed by atoms with Gasteiger partial charge in [-0.25, -0.2) is 12.8 Å². The van der Waals surface area contributed by atoms with Crippen molar-refractivity contribution < 1.29 is 22.4 Å². The highest BCUT2D eigenvalue weighted by atomic mass is 79.9. The van der Waals surface area contributed by atoms with E-state index < -0.39 is 34.3 Å². The summed E-state index contributed by atoms with van der Waals surface area (Å²) in [4.78, 5) is 29.4. The van der Waals surface area contributed by atoms with Crippen LogP contribution in [0.1, 0.15) is 43.2 Å². The quantitative estimate of drug-likeness (QED) is 0.301. The topological polar surface area (TPSA) is 86.8 Å². The number of nitrogens with one attached hydrogen (secondary N) is 1. The van der Waals surface area contributed by atoms with Gasteiger partial charge in [-0.05, 0) is 60.4 Å². The van der Waals surface area contributed by atoms with E-state index in [9.17, 15) is 22.4 Å². The molecule has 10 heteroatoms. The predicted octanol–water partition coefficient (Wildman–Crippen LogP) is 5.44. The first-order chi connectivity index (χ1) is 19.6. The summed E-state index contributed by atoms with van der Waals surface area (Å²) in [5.41, 5.74) is 1.82. The molecule has 2 amide bonds. The molecule has 3 aromatic rings. The Kier molecular flexibility index (Phi) is 10.6. The van der Waals surface area contributed by atoms with Crippen LogP contribution in [0.5, 0.6) is 0 Å². The molecule has 0 heterocycles. The molecule has 0 aliphatic heterocycles. The molecule has 1 atom stereocenters. The number of hydrogen-bond acceptors (Lipinski definition) is 4. The van der Waals surface area contributed by atoms with Crippen molar-refractivity contribution in [1.82, 2.24) is 10.2 Å². The third kappa shape index (κ3) is 8.87. The number of rotatable bonds is 11. The minimum Gasteiger partial charge on any atom is -0.352 e. The highest BCUT2D eigenvalue weighted by Gasteiger charge is 2.34. The van der Waals surface area contributed by atoms with Gasteiger partial charge in [0, 0.05) is 23.5 Å². The van der Waals surface area contributed by atoms with Crippen molar-refractivity contribution in [1.29, 1.82) is 0 Å². The molecule has 218 valence electrons. The molecule has 1 saturated carbocycles. The van der Waals surface area contributed by atoms with Crippen LogP contribution in [0.25, 0.3) is 0 Å². The van der Waals surface area contributed by atoms with Crippen LogP contribution in [0.4, 0.5) is 10.1 Å². The lowest BCUT2D eigenvalue weighted by Gasteiger charge is -2.35. The molecule has 0 unspecified atom stereocenters. The number of carbonyl (C=O) groups excluding carboxylic acids is 2. The fourth-order valence-corrected chi connectivity index (χ4v) is 6.22. The minimum absolute atomic E-state index is 0.00659. The number of carbonyl (C=O) groups is 2. The normalized spacial score (nSPS) is 14.7. The molecular formula is C31H35BrFN3O4S. The molecule has 4 rings (SSSR count). The molecule has 7 nitrogen and oxygen atoms in total. The van der Waals surface area contributed by atoms with Crippen LogP contribution in [0, 0.1) is 5.82 Å². The maximum absolute atomic E-state index is 14.1. The van der Waals surface area contributed by atoms with E-state index in [1.807, 2.05) is 30.3 Å². The number of amides is 2. The van der Waals surface area contributed by atoms with Crippen molar-refractivity contribution in [3.05, 3.63) is 100 Å². The summed E-state index contributed by atoms with van der Waals surface area (Å²) in [5, 5.41) is 3.16. The molecule has 3 aromatic carbocycles. The molecule has 0 aromatic heterocycles. The second-order valence-electron chi connectivity index (χ2n) is 10.4. The number of nitrogens with zero attached hydrogens (tertiary/aromatic N) is 2. The van der Waals surface area contributed by atoms with E-state index in [0.29, 0.717) is 11.3 Å². The van der Waals surface area contributed by atoms with E-state index in [0.717, 1.165) is 52.7 Å². The molecule has 0 spiro atoms. The Bertz CT molecular complexity index is 1410. The van der Waals surface area contributed by atoms with Gasteiger partial charge in [-0.2, -0.15) is 0 Å². The Balaban J connectivity index is 1.71. The predicted molar refractivity (Wildman–Crippen MR) is 162 cm³/mol.